The Hall–Kier alpha value is -3.54. The molecule has 1 aliphatic carbocycles. The molecule has 2 aromatic carbocycles. The molecule has 1 aliphatic rings. The van der Waals surface area contributed by atoms with Gasteiger partial charge in [-0.3, -0.25) is 4.79 Å². The summed E-state index contributed by atoms with van der Waals surface area (Å²) in [5.74, 6) is 0.897. The quantitative estimate of drug-likeness (QED) is 0.534. The number of carbonyl (C=O) groups is 1. The number of methoxy groups -OCH3 is 1. The Morgan fingerprint density at radius 2 is 1.76 bits per heavy atom. The first-order valence-electron chi connectivity index (χ1n) is 9.63. The molecule has 0 saturated heterocycles. The maximum absolute atomic E-state index is 12.8. The van der Waals surface area contributed by atoms with Crippen LogP contribution in [-0.2, 0) is 6.42 Å². The molecule has 0 radical (unpaired) electrons. The lowest BCUT2D eigenvalue weighted by molar-refractivity contribution is 0.0955. The molecule has 2 heterocycles. The van der Waals surface area contributed by atoms with Crippen LogP contribution in [0.1, 0.15) is 39.8 Å². The number of fused-ring (bicyclic) bond motifs is 3. The first kappa shape index (κ1) is 17.6. The number of carbonyl (C=O) groups excluding carboxylic acids is 1. The van der Waals surface area contributed by atoms with Crippen molar-refractivity contribution in [2.45, 2.75) is 25.7 Å². The highest BCUT2D eigenvalue weighted by Gasteiger charge is 2.31. The van der Waals surface area contributed by atoms with Gasteiger partial charge < -0.3 is 4.74 Å². The molecule has 5 rings (SSSR count). The Bertz CT molecular complexity index is 1210. The first-order chi connectivity index (χ1) is 14.2. The highest BCUT2D eigenvalue weighted by Crippen LogP contribution is 2.34. The second-order valence-corrected chi connectivity index (χ2v) is 7.36. The number of benzene rings is 2. The molecule has 4 aromatic rings. The van der Waals surface area contributed by atoms with E-state index in [1.165, 1.54) is 0 Å². The highest BCUT2D eigenvalue weighted by molar-refractivity contribution is 5.97. The van der Waals surface area contributed by atoms with Gasteiger partial charge in [0.1, 0.15) is 5.75 Å². The van der Waals surface area contributed by atoms with E-state index in [-0.39, 0.29) is 11.7 Å². The molecule has 0 spiro atoms. The number of aryl methyl sites for hydroxylation is 1. The van der Waals surface area contributed by atoms with E-state index in [1.807, 2.05) is 66.0 Å². The van der Waals surface area contributed by atoms with E-state index in [9.17, 15) is 4.79 Å². The minimum absolute atomic E-state index is 0.0101. The average Bonchev–Trinajstić information content (AvgIpc) is 3.10. The number of Topliss-reactive ketones (excluding diaryl/α,β-unsaturated/α-hetero) is 1. The summed E-state index contributed by atoms with van der Waals surface area (Å²) in [5.41, 5.74) is 5.94. The van der Waals surface area contributed by atoms with Crippen LogP contribution in [0.2, 0.25) is 0 Å². The molecule has 6 heteroatoms. The predicted molar refractivity (Wildman–Crippen MR) is 109 cm³/mol. The molecular weight excluding hydrogens is 364 g/mol. The van der Waals surface area contributed by atoms with E-state index < -0.39 is 0 Å². The van der Waals surface area contributed by atoms with E-state index in [4.69, 9.17) is 9.84 Å². The van der Waals surface area contributed by atoms with Crippen LogP contribution in [-0.4, -0.2) is 32.7 Å². The van der Waals surface area contributed by atoms with Crippen LogP contribution in [0.25, 0.3) is 16.8 Å². The lowest BCUT2D eigenvalue weighted by Gasteiger charge is -2.23. The van der Waals surface area contributed by atoms with E-state index >= 15 is 0 Å². The van der Waals surface area contributed by atoms with Gasteiger partial charge in [0.05, 0.1) is 24.1 Å². The second-order valence-electron chi connectivity index (χ2n) is 7.36. The monoisotopic (exact) mass is 384 g/mol. The van der Waals surface area contributed by atoms with E-state index in [0.717, 1.165) is 33.8 Å². The molecule has 29 heavy (non-hydrogen) atoms. The van der Waals surface area contributed by atoms with E-state index in [0.29, 0.717) is 24.2 Å². The van der Waals surface area contributed by atoms with Crippen LogP contribution >= 0.6 is 0 Å². The fourth-order valence-corrected chi connectivity index (χ4v) is 4.13. The Morgan fingerprint density at radius 1 is 1.00 bits per heavy atom. The summed E-state index contributed by atoms with van der Waals surface area (Å²) in [4.78, 5) is 12.8. The second kappa shape index (κ2) is 6.81. The van der Waals surface area contributed by atoms with Crippen molar-refractivity contribution >= 4 is 11.4 Å². The average molecular weight is 384 g/mol. The van der Waals surface area contributed by atoms with Crippen LogP contribution in [0.5, 0.6) is 5.75 Å². The van der Waals surface area contributed by atoms with Crippen molar-refractivity contribution in [2.24, 2.45) is 0 Å². The maximum atomic E-state index is 12.8. The van der Waals surface area contributed by atoms with Crippen molar-refractivity contribution < 1.29 is 9.53 Å². The summed E-state index contributed by atoms with van der Waals surface area (Å²) in [6, 6.07) is 18.0. The van der Waals surface area contributed by atoms with Crippen molar-refractivity contribution in [3.05, 3.63) is 77.2 Å². The Morgan fingerprint density at radius 3 is 2.48 bits per heavy atom. The molecule has 0 saturated carbocycles. The van der Waals surface area contributed by atoms with Crippen molar-refractivity contribution in [3.63, 3.8) is 0 Å². The van der Waals surface area contributed by atoms with Crippen molar-refractivity contribution in [1.82, 2.24) is 19.8 Å². The van der Waals surface area contributed by atoms with Crippen LogP contribution < -0.4 is 4.74 Å². The SMILES string of the molecule is COc1ccc(C2CC(=O)c3nnc4c(-c5ccccc5)c(C)nn4c3C2)cc1. The largest absolute Gasteiger partial charge is 0.497 e. The smallest absolute Gasteiger partial charge is 0.185 e. The molecule has 0 aliphatic heterocycles. The van der Waals surface area contributed by atoms with Crippen LogP contribution in [0.3, 0.4) is 0 Å². The molecular formula is C23H20N4O2. The standard InChI is InChI=1S/C23H20N4O2/c1-14-21(16-6-4-3-5-7-16)23-25-24-22-19(27(23)26-14)12-17(13-20(22)28)15-8-10-18(29-2)11-9-15/h3-11,17H,12-13H2,1-2H3. The van der Waals surface area contributed by atoms with E-state index in [2.05, 4.69) is 10.2 Å². The molecule has 0 bridgehead atoms. The third-order valence-electron chi connectivity index (χ3n) is 5.60. The summed E-state index contributed by atoms with van der Waals surface area (Å²) in [6.07, 6.45) is 1.11. The number of ether oxygens (including phenoxy) is 1. The number of rotatable bonds is 3. The minimum Gasteiger partial charge on any atom is -0.497 e. The van der Waals surface area contributed by atoms with Crippen molar-refractivity contribution in [2.75, 3.05) is 7.11 Å². The summed E-state index contributed by atoms with van der Waals surface area (Å²) in [6.45, 7) is 1.97. The van der Waals surface area contributed by atoms with Gasteiger partial charge in [-0.1, -0.05) is 42.5 Å². The Labute approximate surface area is 168 Å². The molecule has 2 aromatic heterocycles. The first-order valence-corrected chi connectivity index (χ1v) is 9.63. The van der Waals surface area contributed by atoms with Gasteiger partial charge in [0.25, 0.3) is 0 Å². The van der Waals surface area contributed by atoms with Gasteiger partial charge >= 0.3 is 0 Å². The Kier molecular flexibility index (Phi) is 4.12. The van der Waals surface area contributed by atoms with Crippen LogP contribution in [0.4, 0.5) is 0 Å². The van der Waals surface area contributed by atoms with Crippen LogP contribution in [0.15, 0.2) is 54.6 Å². The molecule has 0 N–H and O–H groups in total. The molecule has 1 atom stereocenters. The molecule has 6 nitrogen and oxygen atoms in total. The normalized spacial score (nSPS) is 16.1. The fourth-order valence-electron chi connectivity index (χ4n) is 4.13. The Balaban J connectivity index is 1.62. The molecule has 1 unspecified atom stereocenters. The van der Waals surface area contributed by atoms with E-state index in [1.54, 1.807) is 7.11 Å². The van der Waals surface area contributed by atoms with Crippen LogP contribution in [0, 0.1) is 6.92 Å². The summed E-state index contributed by atoms with van der Waals surface area (Å²) in [5, 5.41) is 13.4. The summed E-state index contributed by atoms with van der Waals surface area (Å²) < 4.78 is 7.06. The lowest BCUT2D eigenvalue weighted by Crippen LogP contribution is -2.24. The van der Waals surface area contributed by atoms with Gasteiger partial charge in [0.15, 0.2) is 17.1 Å². The minimum atomic E-state index is 0.0101. The zero-order valence-corrected chi connectivity index (χ0v) is 16.3. The molecule has 0 fully saturated rings. The summed E-state index contributed by atoms with van der Waals surface area (Å²) >= 11 is 0. The van der Waals surface area contributed by atoms with Crippen molar-refractivity contribution in [3.8, 4) is 16.9 Å². The third-order valence-corrected chi connectivity index (χ3v) is 5.60. The number of hydrogen-bond donors (Lipinski definition) is 0. The zero-order chi connectivity index (χ0) is 20.0. The highest BCUT2D eigenvalue weighted by atomic mass is 16.5. The topological polar surface area (TPSA) is 69.4 Å². The maximum Gasteiger partial charge on any atom is 0.185 e. The molecule has 0 amide bonds. The van der Waals surface area contributed by atoms with Gasteiger partial charge in [-0.2, -0.15) is 5.10 Å². The van der Waals surface area contributed by atoms with Gasteiger partial charge in [-0.05, 0) is 42.5 Å². The van der Waals surface area contributed by atoms with Gasteiger partial charge in [0, 0.05) is 6.42 Å². The number of aromatic nitrogens is 4. The van der Waals surface area contributed by atoms with Gasteiger partial charge in [-0.15, -0.1) is 10.2 Å². The summed E-state index contributed by atoms with van der Waals surface area (Å²) in [7, 11) is 1.65. The molecule has 144 valence electrons. The van der Waals surface area contributed by atoms with Gasteiger partial charge in [0.2, 0.25) is 0 Å². The van der Waals surface area contributed by atoms with Crippen molar-refractivity contribution in [1.29, 1.82) is 0 Å². The lowest BCUT2D eigenvalue weighted by atomic mass is 9.83. The number of ketones is 1. The van der Waals surface area contributed by atoms with Gasteiger partial charge in [-0.25, -0.2) is 4.52 Å². The number of nitrogens with zero attached hydrogens (tertiary/aromatic N) is 4. The fraction of sp³-hybridized carbons (Fsp3) is 0.217. The number of hydrogen-bond acceptors (Lipinski definition) is 5. The zero-order valence-electron chi connectivity index (χ0n) is 16.3. The predicted octanol–water partition coefficient (Wildman–Crippen LogP) is 4.02. The third kappa shape index (κ3) is 2.88.